The summed E-state index contributed by atoms with van der Waals surface area (Å²) in [4.78, 5) is 79.5. The van der Waals surface area contributed by atoms with Gasteiger partial charge in [-0.2, -0.15) is 0 Å². The Morgan fingerprint density at radius 1 is 0.457 bits per heavy atom. The molecule has 0 heterocycles. The van der Waals surface area contributed by atoms with Crippen LogP contribution < -0.4 is 21.1 Å². The summed E-state index contributed by atoms with van der Waals surface area (Å²) in [5.41, 5.74) is -0.467. The van der Waals surface area contributed by atoms with Crippen LogP contribution >= 0.6 is 0 Å². The van der Waals surface area contributed by atoms with Crippen LogP contribution in [-0.2, 0) is 38.1 Å². The predicted octanol–water partition coefficient (Wildman–Crippen LogP) is 11.0. The van der Waals surface area contributed by atoms with Gasteiger partial charge in [0.05, 0.1) is 33.0 Å². The number of hydrogen-bond donors (Lipinski definition) is 2. The Morgan fingerprint density at radius 2 is 0.800 bits per heavy atom. The Morgan fingerprint density at radius 3 is 1.14 bits per heavy atom. The Balaban J connectivity index is 2.97. The fourth-order valence-electron chi connectivity index (χ4n) is 8.61. The van der Waals surface area contributed by atoms with Crippen molar-refractivity contribution in [1.82, 2.24) is 4.90 Å². The topological polar surface area (TPSA) is 178 Å². The van der Waals surface area contributed by atoms with Crippen LogP contribution in [0.15, 0.2) is 9.59 Å². The third-order valence-corrected chi connectivity index (χ3v) is 13.2. The average Bonchev–Trinajstić information content (AvgIpc) is 3.35. The van der Waals surface area contributed by atoms with E-state index in [2.05, 4.69) is 37.9 Å². The van der Waals surface area contributed by atoms with Crippen molar-refractivity contribution in [3.05, 3.63) is 20.4 Å². The van der Waals surface area contributed by atoms with Crippen LogP contribution in [0, 0.1) is 11.8 Å². The molecule has 0 atom stereocenters. The molecule has 0 aromatic heterocycles. The maximum absolute atomic E-state index is 12.7. The average molecular weight is 992 g/mol. The van der Waals surface area contributed by atoms with Crippen molar-refractivity contribution in [2.75, 3.05) is 83.0 Å². The minimum absolute atomic E-state index is 0.0952. The summed E-state index contributed by atoms with van der Waals surface area (Å²) >= 11 is 0. The first kappa shape index (κ1) is 64.5. The number of aliphatic hydroxyl groups excluding tert-OH is 1. The van der Waals surface area contributed by atoms with Crippen LogP contribution in [-0.4, -0.2) is 107 Å². The molecular weight excluding hydrogens is 891 g/mol. The molecule has 0 radical (unpaired) electrons. The van der Waals surface area contributed by atoms with Crippen molar-refractivity contribution >= 4 is 35.3 Å². The summed E-state index contributed by atoms with van der Waals surface area (Å²) in [5, 5.41) is 12.6. The third kappa shape index (κ3) is 33.2. The van der Waals surface area contributed by atoms with E-state index in [1.165, 1.54) is 0 Å². The number of anilines is 2. The zero-order valence-corrected chi connectivity index (χ0v) is 45.1. The quantitative estimate of drug-likeness (QED) is 0.0273. The number of unbranched alkanes of at least 4 members (excludes halogenated alkanes) is 18. The highest BCUT2D eigenvalue weighted by atomic mass is 16.6. The monoisotopic (exact) mass is 992 g/mol. The lowest BCUT2D eigenvalue weighted by atomic mass is 10.0. The molecule has 0 spiro atoms. The summed E-state index contributed by atoms with van der Waals surface area (Å²) in [6, 6.07) is 0. The van der Waals surface area contributed by atoms with Crippen LogP contribution in [0.5, 0.6) is 0 Å². The van der Waals surface area contributed by atoms with Gasteiger partial charge in [0, 0.05) is 57.7 Å². The van der Waals surface area contributed by atoms with E-state index < -0.39 is 10.9 Å². The first-order valence-electron chi connectivity index (χ1n) is 28.2. The van der Waals surface area contributed by atoms with E-state index in [1.807, 2.05) is 0 Å². The van der Waals surface area contributed by atoms with Gasteiger partial charge < -0.3 is 39.2 Å². The zero-order chi connectivity index (χ0) is 51.5. The van der Waals surface area contributed by atoms with Crippen molar-refractivity contribution in [1.29, 1.82) is 0 Å². The zero-order valence-electron chi connectivity index (χ0n) is 45.1. The second-order valence-corrected chi connectivity index (χ2v) is 19.8. The van der Waals surface area contributed by atoms with E-state index in [0.717, 1.165) is 193 Å². The van der Waals surface area contributed by atoms with Gasteiger partial charge in [0.15, 0.2) is 0 Å². The maximum Gasteiger partial charge on any atom is 0.305 e. The van der Waals surface area contributed by atoms with E-state index in [-0.39, 0.29) is 75.3 Å². The molecule has 1 rings (SSSR count). The van der Waals surface area contributed by atoms with Crippen molar-refractivity contribution < 1.29 is 43.2 Å². The molecule has 14 nitrogen and oxygen atoms in total. The minimum atomic E-state index is -0.541. The highest BCUT2D eigenvalue weighted by Gasteiger charge is 2.24. The van der Waals surface area contributed by atoms with Gasteiger partial charge in [-0.1, -0.05) is 143 Å². The Labute approximate surface area is 424 Å². The van der Waals surface area contributed by atoms with Gasteiger partial charge in [-0.25, -0.2) is 0 Å². The largest absolute Gasteiger partial charge is 0.465 e. The number of hydrogen-bond acceptors (Lipinski definition) is 14. The predicted molar refractivity (Wildman–Crippen MR) is 283 cm³/mol. The lowest BCUT2D eigenvalue weighted by molar-refractivity contribution is -0.151. The molecule has 0 aliphatic heterocycles. The third-order valence-electron chi connectivity index (χ3n) is 13.2. The van der Waals surface area contributed by atoms with Crippen molar-refractivity contribution in [3.8, 4) is 0 Å². The van der Waals surface area contributed by atoms with Crippen LogP contribution in [0.3, 0.4) is 0 Å². The van der Waals surface area contributed by atoms with Crippen LogP contribution in [0.2, 0.25) is 0 Å². The number of rotatable bonds is 50. The van der Waals surface area contributed by atoms with Gasteiger partial charge in [0.25, 0.3) is 10.9 Å². The molecule has 406 valence electrons. The van der Waals surface area contributed by atoms with Crippen LogP contribution in [0.1, 0.15) is 227 Å². The standard InChI is InChI=1S/C56H101N3O11/c1-6-10-14-18-22-33-49(61)67-43-47(44-68-50(62)34-23-19-15-11-7-2)31-26-28-38-59(40-30-37-57-53-54(56(66)55(53)65)58(5)41-42-60)39-29-27-32-48(45-69-51(63)35-24-20-16-12-8-3)46-70-52(64)36-25-21-17-13-9-4/h47-48,57,60H,6-46H2,1-5H3. The molecule has 0 bridgehead atoms. The number of carbonyl (C=O) groups is 4. The molecule has 1 aromatic rings. The number of esters is 4. The van der Waals surface area contributed by atoms with Crippen LogP contribution in [0.4, 0.5) is 11.4 Å². The first-order valence-corrected chi connectivity index (χ1v) is 28.2. The lowest BCUT2D eigenvalue weighted by Gasteiger charge is -2.25. The summed E-state index contributed by atoms with van der Waals surface area (Å²) < 4.78 is 22.9. The van der Waals surface area contributed by atoms with E-state index >= 15 is 0 Å². The molecule has 0 fully saturated rings. The van der Waals surface area contributed by atoms with Gasteiger partial charge in [0.2, 0.25) is 0 Å². The summed E-state index contributed by atoms with van der Waals surface area (Å²) in [6.07, 6.45) is 28.3. The molecule has 1 aromatic carbocycles. The van der Waals surface area contributed by atoms with Crippen LogP contribution in [0.25, 0.3) is 0 Å². The fraction of sp³-hybridized carbons (Fsp3) is 0.857. The second-order valence-electron chi connectivity index (χ2n) is 19.8. The Hall–Kier alpha value is -3.52. The Kier molecular flexibility index (Phi) is 40.7. The second kappa shape index (κ2) is 44.2. The van der Waals surface area contributed by atoms with Crippen molar-refractivity contribution in [2.24, 2.45) is 11.8 Å². The number of likely N-dealkylation sites (N-methyl/N-ethyl adjacent to an activating group) is 1. The molecule has 0 aliphatic rings. The van der Waals surface area contributed by atoms with E-state index in [0.29, 0.717) is 43.6 Å². The number of ether oxygens (including phenoxy) is 4. The van der Waals surface area contributed by atoms with E-state index in [4.69, 9.17) is 18.9 Å². The molecular formula is C56H101N3O11. The summed E-state index contributed by atoms with van der Waals surface area (Å²) in [7, 11) is 1.69. The SMILES string of the molecule is CCCCCCCC(=O)OCC(CCCCN(CCCCC(COC(=O)CCCCCCC)COC(=O)CCCCCCC)CCCNc1c(N(C)CCO)c(=O)c1=O)COC(=O)CCCCCCC. The van der Waals surface area contributed by atoms with Crippen molar-refractivity contribution in [3.63, 3.8) is 0 Å². The molecule has 14 heteroatoms. The van der Waals surface area contributed by atoms with Gasteiger partial charge in [-0.15, -0.1) is 0 Å². The molecule has 2 N–H and O–H groups in total. The normalized spacial score (nSPS) is 11.5. The molecule has 70 heavy (non-hydrogen) atoms. The summed E-state index contributed by atoms with van der Waals surface area (Å²) in [5.74, 6) is -0.992. The molecule has 0 saturated heterocycles. The number of nitrogens with one attached hydrogen (secondary N) is 1. The van der Waals surface area contributed by atoms with Gasteiger partial charge in [0.1, 0.15) is 11.4 Å². The molecule has 0 saturated carbocycles. The molecule has 0 unspecified atom stereocenters. The smallest absolute Gasteiger partial charge is 0.305 e. The highest BCUT2D eigenvalue weighted by Crippen LogP contribution is 2.20. The van der Waals surface area contributed by atoms with E-state index in [9.17, 15) is 33.9 Å². The maximum atomic E-state index is 12.7. The number of aliphatic hydroxyl groups is 1. The molecule has 0 aliphatic carbocycles. The lowest BCUT2D eigenvalue weighted by Crippen LogP contribution is -2.42. The van der Waals surface area contributed by atoms with Gasteiger partial charge in [-0.05, 0) is 77.4 Å². The first-order chi connectivity index (χ1) is 34.0. The number of nitrogens with zero attached hydrogens (tertiary/aromatic N) is 2. The Bertz CT molecular complexity index is 1420. The highest BCUT2D eigenvalue weighted by molar-refractivity contribution is 5.75. The van der Waals surface area contributed by atoms with E-state index in [1.54, 1.807) is 11.9 Å². The molecule has 0 amide bonds. The van der Waals surface area contributed by atoms with Crippen molar-refractivity contribution in [2.45, 2.75) is 227 Å². The minimum Gasteiger partial charge on any atom is -0.465 e. The summed E-state index contributed by atoms with van der Waals surface area (Å²) in [6.45, 7) is 12.5. The van der Waals surface area contributed by atoms with Gasteiger partial charge >= 0.3 is 23.9 Å². The fourth-order valence-corrected chi connectivity index (χ4v) is 8.61. The number of carbonyl (C=O) groups excluding carboxylic acids is 4. The van der Waals surface area contributed by atoms with Gasteiger partial charge in [-0.3, -0.25) is 28.8 Å².